The zero-order valence-electron chi connectivity index (χ0n) is 15.8. The van der Waals surface area contributed by atoms with Crippen LogP contribution in [0.1, 0.15) is 38.7 Å². The van der Waals surface area contributed by atoms with Crippen LogP contribution in [0.5, 0.6) is 0 Å². The first-order valence-electron chi connectivity index (χ1n) is 9.45. The third-order valence-corrected chi connectivity index (χ3v) is 6.10. The summed E-state index contributed by atoms with van der Waals surface area (Å²) in [5, 5.41) is 0. The quantitative estimate of drug-likeness (QED) is 0.871. The number of nitrogens with two attached hydrogens (primary N) is 1. The normalized spacial score (nSPS) is 26.7. The van der Waals surface area contributed by atoms with Gasteiger partial charge in [-0.25, -0.2) is 0 Å². The summed E-state index contributed by atoms with van der Waals surface area (Å²) in [6.07, 6.45) is 0.243. The molecule has 0 radical (unpaired) electrons. The number of hydrogen-bond donors (Lipinski definition) is 1. The summed E-state index contributed by atoms with van der Waals surface area (Å²) in [5.74, 6) is 0.358. The maximum Gasteiger partial charge on any atom is 0.417 e. The lowest BCUT2D eigenvalue weighted by Gasteiger charge is -2.42. The van der Waals surface area contributed by atoms with Crippen LogP contribution in [0, 0.1) is 11.3 Å². The highest BCUT2D eigenvalue weighted by molar-refractivity contribution is 5.83. The van der Waals surface area contributed by atoms with Crippen LogP contribution in [0.15, 0.2) is 18.5 Å². The van der Waals surface area contributed by atoms with Crippen LogP contribution in [0.2, 0.25) is 0 Å². The second-order valence-corrected chi connectivity index (χ2v) is 8.02. The predicted octanol–water partition coefficient (Wildman–Crippen LogP) is 2.90. The number of carbonyl (C=O) groups is 1. The molecule has 1 aliphatic carbocycles. The van der Waals surface area contributed by atoms with Gasteiger partial charge in [-0.2, -0.15) is 13.2 Å². The summed E-state index contributed by atoms with van der Waals surface area (Å²) in [5.41, 5.74) is 5.37. The molecule has 150 valence electrons. The van der Waals surface area contributed by atoms with Crippen molar-refractivity contribution in [3.8, 4) is 0 Å². The number of amides is 1. The lowest BCUT2D eigenvalue weighted by molar-refractivity contribution is -0.145. The molecule has 1 saturated carbocycles. The molecule has 2 aliphatic rings. The molecule has 1 aliphatic heterocycles. The van der Waals surface area contributed by atoms with E-state index in [-0.39, 0.29) is 17.9 Å². The average molecular weight is 384 g/mol. The molecule has 2 atom stereocenters. The topological polar surface area (TPSA) is 62.5 Å². The molecule has 2 heterocycles. The van der Waals surface area contributed by atoms with E-state index < -0.39 is 17.2 Å². The van der Waals surface area contributed by atoms with Crippen LogP contribution in [0.3, 0.4) is 0 Å². The van der Waals surface area contributed by atoms with Crippen LogP contribution in [0.4, 0.5) is 18.9 Å². The van der Waals surface area contributed by atoms with E-state index in [9.17, 15) is 18.0 Å². The standard InChI is InChI=1S/C19H27F3N4O/c1-13(2)18(4-3-15(23)10-18)17(27)26-7-5-25(6-8-26)16-9-14(11-24-12-16)19(20,21)22/h9,11-13,15H,3-8,10,23H2,1-2H3. The molecule has 1 saturated heterocycles. The SMILES string of the molecule is CC(C)C1(C(=O)N2CCN(c3cncc(C(F)(F)F)c3)CC2)CCC(N)C1. The van der Waals surface area contributed by atoms with Crippen LogP contribution >= 0.6 is 0 Å². The molecule has 1 aromatic rings. The zero-order chi connectivity index (χ0) is 19.8. The van der Waals surface area contributed by atoms with E-state index in [1.165, 1.54) is 6.20 Å². The predicted molar refractivity (Wildman–Crippen MR) is 97.1 cm³/mol. The molecule has 0 aromatic carbocycles. The summed E-state index contributed by atoms with van der Waals surface area (Å²) < 4.78 is 38.7. The van der Waals surface area contributed by atoms with Crippen molar-refractivity contribution in [2.75, 3.05) is 31.1 Å². The molecule has 1 amide bonds. The van der Waals surface area contributed by atoms with Gasteiger partial charge in [-0.15, -0.1) is 0 Å². The number of alkyl halides is 3. The van der Waals surface area contributed by atoms with Crippen LogP contribution in [0.25, 0.3) is 0 Å². The molecule has 1 aromatic heterocycles. The number of anilines is 1. The lowest BCUT2D eigenvalue weighted by Crippen LogP contribution is -2.54. The van der Waals surface area contributed by atoms with Crippen molar-refractivity contribution in [3.05, 3.63) is 24.0 Å². The molecule has 2 fully saturated rings. The Labute approximate surface area is 157 Å². The van der Waals surface area contributed by atoms with Crippen molar-refractivity contribution in [1.29, 1.82) is 0 Å². The van der Waals surface area contributed by atoms with Crippen LogP contribution < -0.4 is 10.6 Å². The second kappa shape index (κ2) is 7.30. The van der Waals surface area contributed by atoms with Gasteiger partial charge in [-0.1, -0.05) is 13.8 Å². The Kier molecular flexibility index (Phi) is 5.38. The minimum absolute atomic E-state index is 0.0637. The zero-order valence-corrected chi connectivity index (χ0v) is 15.8. The number of pyridine rings is 1. The lowest BCUT2D eigenvalue weighted by atomic mass is 9.74. The van der Waals surface area contributed by atoms with Crippen molar-refractivity contribution >= 4 is 11.6 Å². The summed E-state index contributed by atoms with van der Waals surface area (Å²) in [6, 6.07) is 1.18. The molecular weight excluding hydrogens is 357 g/mol. The van der Waals surface area contributed by atoms with E-state index in [1.807, 2.05) is 9.80 Å². The third kappa shape index (κ3) is 3.90. The molecule has 2 unspecified atom stereocenters. The molecule has 2 N–H and O–H groups in total. The second-order valence-electron chi connectivity index (χ2n) is 8.02. The van der Waals surface area contributed by atoms with Gasteiger partial charge in [0.05, 0.1) is 22.9 Å². The minimum Gasteiger partial charge on any atom is -0.367 e. The smallest absolute Gasteiger partial charge is 0.367 e. The van der Waals surface area contributed by atoms with Crippen molar-refractivity contribution < 1.29 is 18.0 Å². The first kappa shape index (κ1) is 19.9. The van der Waals surface area contributed by atoms with Gasteiger partial charge in [0.2, 0.25) is 5.91 Å². The third-order valence-electron chi connectivity index (χ3n) is 6.10. The van der Waals surface area contributed by atoms with Crippen molar-refractivity contribution in [2.45, 2.75) is 45.3 Å². The monoisotopic (exact) mass is 384 g/mol. The van der Waals surface area contributed by atoms with Crippen molar-refractivity contribution in [3.63, 3.8) is 0 Å². The van der Waals surface area contributed by atoms with E-state index in [4.69, 9.17) is 5.73 Å². The van der Waals surface area contributed by atoms with E-state index >= 15 is 0 Å². The van der Waals surface area contributed by atoms with Crippen molar-refractivity contribution in [2.24, 2.45) is 17.1 Å². The fourth-order valence-electron chi connectivity index (χ4n) is 4.32. The number of carbonyl (C=O) groups excluding carboxylic acids is 1. The number of aromatic nitrogens is 1. The molecule has 8 heteroatoms. The minimum atomic E-state index is -4.41. The van der Waals surface area contributed by atoms with E-state index in [0.29, 0.717) is 38.3 Å². The van der Waals surface area contributed by atoms with Gasteiger partial charge in [-0.05, 0) is 31.2 Å². The molecule has 0 bridgehead atoms. The Bertz CT molecular complexity index is 686. The Balaban J connectivity index is 1.68. The number of hydrogen-bond acceptors (Lipinski definition) is 4. The molecule has 0 spiro atoms. The highest BCUT2D eigenvalue weighted by Gasteiger charge is 2.48. The number of piperazine rings is 1. The first-order chi connectivity index (χ1) is 12.6. The van der Waals surface area contributed by atoms with Gasteiger partial charge >= 0.3 is 6.18 Å². The Morgan fingerprint density at radius 3 is 2.44 bits per heavy atom. The Morgan fingerprint density at radius 1 is 1.26 bits per heavy atom. The fourth-order valence-corrected chi connectivity index (χ4v) is 4.32. The summed E-state index contributed by atoms with van der Waals surface area (Å²) in [7, 11) is 0. The maximum atomic E-state index is 13.2. The van der Waals surface area contributed by atoms with E-state index in [0.717, 1.165) is 25.1 Å². The summed E-state index contributed by atoms with van der Waals surface area (Å²) in [4.78, 5) is 20.7. The molecule has 27 heavy (non-hydrogen) atoms. The highest BCUT2D eigenvalue weighted by Crippen LogP contribution is 2.45. The summed E-state index contributed by atoms with van der Waals surface area (Å²) >= 11 is 0. The van der Waals surface area contributed by atoms with E-state index in [2.05, 4.69) is 18.8 Å². The Morgan fingerprint density at radius 2 is 1.93 bits per heavy atom. The number of rotatable bonds is 3. The fraction of sp³-hybridized carbons (Fsp3) is 0.684. The van der Waals surface area contributed by atoms with Crippen molar-refractivity contribution in [1.82, 2.24) is 9.88 Å². The van der Waals surface area contributed by atoms with Gasteiger partial charge in [-0.3, -0.25) is 9.78 Å². The van der Waals surface area contributed by atoms with Gasteiger partial charge in [0.25, 0.3) is 0 Å². The highest BCUT2D eigenvalue weighted by atomic mass is 19.4. The molecule has 3 rings (SSSR count). The van der Waals surface area contributed by atoms with Gasteiger partial charge in [0.1, 0.15) is 0 Å². The maximum absolute atomic E-state index is 13.2. The van der Waals surface area contributed by atoms with Gasteiger partial charge < -0.3 is 15.5 Å². The van der Waals surface area contributed by atoms with Crippen LogP contribution in [-0.4, -0.2) is 48.0 Å². The van der Waals surface area contributed by atoms with E-state index in [1.54, 1.807) is 0 Å². The number of nitrogens with zero attached hydrogens (tertiary/aromatic N) is 3. The molecule has 5 nitrogen and oxygen atoms in total. The largest absolute Gasteiger partial charge is 0.417 e. The average Bonchev–Trinajstić information content (AvgIpc) is 3.04. The number of halogens is 3. The van der Waals surface area contributed by atoms with Gasteiger partial charge in [0.15, 0.2) is 0 Å². The van der Waals surface area contributed by atoms with Gasteiger partial charge in [0, 0.05) is 38.4 Å². The molecular formula is C19H27F3N4O. The Hall–Kier alpha value is -1.83. The van der Waals surface area contributed by atoms with Crippen LogP contribution in [-0.2, 0) is 11.0 Å². The summed E-state index contributed by atoms with van der Waals surface area (Å²) in [6.45, 7) is 6.13. The first-order valence-corrected chi connectivity index (χ1v) is 9.45.